The van der Waals surface area contributed by atoms with E-state index in [0.717, 1.165) is 17.0 Å². The molecule has 0 unspecified atom stereocenters. The topological polar surface area (TPSA) is 24.9 Å². The Labute approximate surface area is 131 Å². The van der Waals surface area contributed by atoms with Gasteiger partial charge in [-0.1, -0.05) is 12.1 Å². The second kappa shape index (κ2) is 6.93. The van der Waals surface area contributed by atoms with Crippen LogP contribution in [0.1, 0.15) is 22.2 Å². The van der Waals surface area contributed by atoms with Crippen molar-refractivity contribution < 1.29 is 4.39 Å². The maximum absolute atomic E-state index is 12.9. The third-order valence-corrected chi connectivity index (χ3v) is 4.86. The zero-order chi connectivity index (χ0) is 14.5. The summed E-state index contributed by atoms with van der Waals surface area (Å²) < 4.78 is 12.9. The van der Waals surface area contributed by atoms with Crippen LogP contribution in [-0.4, -0.2) is 4.98 Å². The number of nitrogens with one attached hydrogen (secondary N) is 1. The number of aromatic nitrogens is 1. The molecule has 3 rings (SSSR count). The Morgan fingerprint density at radius 2 is 1.95 bits per heavy atom. The first-order chi connectivity index (χ1) is 10.3. The first-order valence-electron chi connectivity index (χ1n) is 6.69. The molecule has 1 aromatic carbocycles. The molecule has 108 valence electrons. The van der Waals surface area contributed by atoms with Crippen molar-refractivity contribution in [1.82, 2.24) is 10.3 Å². The second-order valence-corrected chi connectivity index (χ2v) is 6.47. The van der Waals surface area contributed by atoms with Gasteiger partial charge in [-0.2, -0.15) is 11.3 Å². The lowest BCUT2D eigenvalue weighted by Gasteiger charge is -2.16. The fraction of sp³-hybridized carbons (Fsp3) is 0.188. The quantitative estimate of drug-likeness (QED) is 0.728. The minimum atomic E-state index is -0.200. The van der Waals surface area contributed by atoms with E-state index >= 15 is 0 Å². The molecule has 2 nitrogen and oxygen atoms in total. The molecular weight excluding hydrogens is 303 g/mol. The summed E-state index contributed by atoms with van der Waals surface area (Å²) in [6.07, 6.45) is 2.75. The van der Waals surface area contributed by atoms with E-state index in [1.807, 2.05) is 23.7 Å². The molecular formula is C16H15FN2S2. The highest BCUT2D eigenvalue weighted by molar-refractivity contribution is 7.09. The van der Waals surface area contributed by atoms with Gasteiger partial charge in [0.25, 0.3) is 0 Å². The Balaban J connectivity index is 1.69. The standard InChI is InChI=1S/C16H15FN2S2/c17-14-3-1-12(2-4-14)10-19-15(16-18-6-8-21-16)9-13-5-7-20-11-13/h1-8,11,15,19H,9-10H2/t15-/m1/s1. The molecule has 0 aliphatic rings. The van der Waals surface area contributed by atoms with Gasteiger partial charge in [0.2, 0.25) is 0 Å². The van der Waals surface area contributed by atoms with Crippen molar-refractivity contribution in [3.8, 4) is 0 Å². The third-order valence-electron chi connectivity index (χ3n) is 3.24. The summed E-state index contributed by atoms with van der Waals surface area (Å²) in [5.74, 6) is -0.200. The van der Waals surface area contributed by atoms with Gasteiger partial charge in [-0.3, -0.25) is 0 Å². The highest BCUT2D eigenvalue weighted by Gasteiger charge is 2.14. The van der Waals surface area contributed by atoms with Gasteiger partial charge in [-0.05, 0) is 46.5 Å². The Hall–Kier alpha value is -1.56. The van der Waals surface area contributed by atoms with E-state index in [1.165, 1.54) is 17.7 Å². The minimum Gasteiger partial charge on any atom is -0.304 e. The highest BCUT2D eigenvalue weighted by atomic mass is 32.1. The van der Waals surface area contributed by atoms with Crippen LogP contribution in [0.4, 0.5) is 4.39 Å². The zero-order valence-corrected chi connectivity index (χ0v) is 13.0. The third kappa shape index (κ3) is 3.97. The largest absolute Gasteiger partial charge is 0.304 e. The summed E-state index contributed by atoms with van der Waals surface area (Å²) in [5.41, 5.74) is 2.38. The normalized spacial score (nSPS) is 12.4. The number of thiazole rings is 1. The fourth-order valence-corrected chi connectivity index (χ4v) is 3.54. The Bertz CT molecular complexity index is 648. The van der Waals surface area contributed by atoms with E-state index in [2.05, 4.69) is 27.1 Å². The summed E-state index contributed by atoms with van der Waals surface area (Å²) in [4.78, 5) is 4.42. The maximum atomic E-state index is 12.9. The smallest absolute Gasteiger partial charge is 0.123 e. The van der Waals surface area contributed by atoms with Gasteiger partial charge in [0.1, 0.15) is 10.8 Å². The molecule has 0 fully saturated rings. The van der Waals surface area contributed by atoms with Crippen molar-refractivity contribution in [2.45, 2.75) is 19.0 Å². The van der Waals surface area contributed by atoms with Gasteiger partial charge in [0.15, 0.2) is 0 Å². The van der Waals surface area contributed by atoms with Crippen LogP contribution in [0.5, 0.6) is 0 Å². The van der Waals surface area contributed by atoms with E-state index in [-0.39, 0.29) is 11.9 Å². The minimum absolute atomic E-state index is 0.185. The van der Waals surface area contributed by atoms with Crippen LogP contribution in [0.2, 0.25) is 0 Å². The van der Waals surface area contributed by atoms with Crippen molar-refractivity contribution in [2.24, 2.45) is 0 Å². The van der Waals surface area contributed by atoms with Gasteiger partial charge < -0.3 is 5.32 Å². The Morgan fingerprint density at radius 3 is 2.62 bits per heavy atom. The van der Waals surface area contributed by atoms with Gasteiger partial charge in [-0.15, -0.1) is 11.3 Å². The van der Waals surface area contributed by atoms with E-state index < -0.39 is 0 Å². The van der Waals surface area contributed by atoms with Crippen LogP contribution in [0.3, 0.4) is 0 Å². The lowest BCUT2D eigenvalue weighted by molar-refractivity contribution is 0.528. The number of halogens is 1. The molecule has 0 spiro atoms. The SMILES string of the molecule is Fc1ccc(CN[C@H](Cc2ccsc2)c2nccs2)cc1. The molecule has 0 bridgehead atoms. The number of benzene rings is 1. The highest BCUT2D eigenvalue weighted by Crippen LogP contribution is 2.22. The molecule has 1 atom stereocenters. The van der Waals surface area contributed by atoms with E-state index in [4.69, 9.17) is 0 Å². The molecule has 0 saturated carbocycles. The van der Waals surface area contributed by atoms with Crippen molar-refractivity contribution in [3.63, 3.8) is 0 Å². The molecule has 21 heavy (non-hydrogen) atoms. The van der Waals surface area contributed by atoms with Gasteiger partial charge in [-0.25, -0.2) is 9.37 Å². The van der Waals surface area contributed by atoms with Crippen LogP contribution < -0.4 is 5.32 Å². The summed E-state index contributed by atoms with van der Waals surface area (Å²) in [6.45, 7) is 0.703. The Morgan fingerprint density at radius 1 is 1.10 bits per heavy atom. The summed E-state index contributed by atoms with van der Waals surface area (Å²) >= 11 is 3.37. The summed E-state index contributed by atoms with van der Waals surface area (Å²) in [5, 5.41) is 10.9. The fourth-order valence-electron chi connectivity index (χ4n) is 2.14. The molecule has 0 aliphatic heterocycles. The Kier molecular flexibility index (Phi) is 4.75. The zero-order valence-electron chi connectivity index (χ0n) is 11.3. The van der Waals surface area contributed by atoms with E-state index in [9.17, 15) is 4.39 Å². The summed E-state index contributed by atoms with van der Waals surface area (Å²) in [7, 11) is 0. The van der Waals surface area contributed by atoms with E-state index in [1.54, 1.807) is 22.7 Å². The maximum Gasteiger partial charge on any atom is 0.123 e. The van der Waals surface area contributed by atoms with Crippen LogP contribution >= 0.6 is 22.7 Å². The number of hydrogen-bond donors (Lipinski definition) is 1. The number of rotatable bonds is 6. The van der Waals surface area contributed by atoms with Crippen molar-refractivity contribution in [3.05, 3.63) is 74.6 Å². The van der Waals surface area contributed by atoms with Gasteiger partial charge in [0, 0.05) is 18.1 Å². The van der Waals surface area contributed by atoms with Crippen LogP contribution in [-0.2, 0) is 13.0 Å². The monoisotopic (exact) mass is 318 g/mol. The predicted octanol–water partition coefficient (Wildman–Crippen LogP) is 4.42. The summed E-state index contributed by atoms with van der Waals surface area (Å²) in [6, 6.07) is 8.94. The molecule has 5 heteroatoms. The number of hydrogen-bond acceptors (Lipinski definition) is 4. The van der Waals surface area contributed by atoms with E-state index in [0.29, 0.717) is 6.54 Å². The first-order valence-corrected chi connectivity index (χ1v) is 8.52. The van der Waals surface area contributed by atoms with Crippen LogP contribution in [0.25, 0.3) is 0 Å². The number of nitrogens with zero attached hydrogens (tertiary/aromatic N) is 1. The molecule has 3 aromatic rings. The van der Waals surface area contributed by atoms with Crippen molar-refractivity contribution in [1.29, 1.82) is 0 Å². The molecule has 0 radical (unpaired) electrons. The van der Waals surface area contributed by atoms with Crippen molar-refractivity contribution >= 4 is 22.7 Å². The predicted molar refractivity (Wildman–Crippen MR) is 86.1 cm³/mol. The van der Waals surface area contributed by atoms with Crippen molar-refractivity contribution in [2.75, 3.05) is 0 Å². The second-order valence-electron chi connectivity index (χ2n) is 4.77. The van der Waals surface area contributed by atoms with Gasteiger partial charge >= 0.3 is 0 Å². The van der Waals surface area contributed by atoms with Crippen LogP contribution in [0.15, 0.2) is 52.7 Å². The molecule has 0 amide bonds. The molecule has 2 aromatic heterocycles. The molecule has 1 N–H and O–H groups in total. The van der Waals surface area contributed by atoms with Gasteiger partial charge in [0.05, 0.1) is 6.04 Å². The molecule has 2 heterocycles. The number of thiophene rings is 1. The van der Waals surface area contributed by atoms with Crippen LogP contribution in [0, 0.1) is 5.82 Å². The first kappa shape index (κ1) is 14.4. The average Bonchev–Trinajstić information content (AvgIpc) is 3.18. The average molecular weight is 318 g/mol. The lowest BCUT2D eigenvalue weighted by Crippen LogP contribution is -2.22. The molecule has 0 saturated heterocycles. The lowest BCUT2D eigenvalue weighted by atomic mass is 10.1. The molecule has 0 aliphatic carbocycles.